The van der Waals surface area contributed by atoms with Crippen LogP contribution < -0.4 is 4.90 Å². The number of aromatic carboxylic acids is 1. The summed E-state index contributed by atoms with van der Waals surface area (Å²) < 4.78 is 0. The number of nitrogens with zero attached hydrogens (tertiary/aromatic N) is 1. The summed E-state index contributed by atoms with van der Waals surface area (Å²) in [7, 11) is 0. The fourth-order valence-corrected chi connectivity index (χ4v) is 2.28. The van der Waals surface area contributed by atoms with Crippen LogP contribution in [0.5, 0.6) is 0 Å². The maximum absolute atomic E-state index is 11.3. The van der Waals surface area contributed by atoms with Gasteiger partial charge in [0.25, 0.3) is 0 Å². The quantitative estimate of drug-likeness (QED) is 0.899. The normalized spacial score (nSPS) is 10.3. The molecule has 2 aromatic rings. The SMILES string of the molecule is CCN(Cc1ccccc1C(=O)O)c1cccc(C)c1. The van der Waals surface area contributed by atoms with Crippen LogP contribution in [0.4, 0.5) is 5.69 Å². The average Bonchev–Trinajstić information content (AvgIpc) is 2.45. The fourth-order valence-electron chi connectivity index (χ4n) is 2.28. The van der Waals surface area contributed by atoms with Crippen molar-refractivity contribution < 1.29 is 9.90 Å². The van der Waals surface area contributed by atoms with Crippen LogP contribution in [0.15, 0.2) is 48.5 Å². The van der Waals surface area contributed by atoms with Crippen LogP contribution in [0.25, 0.3) is 0 Å². The molecule has 0 fully saturated rings. The number of benzene rings is 2. The second kappa shape index (κ2) is 6.24. The van der Waals surface area contributed by atoms with Crippen LogP contribution >= 0.6 is 0 Å². The monoisotopic (exact) mass is 269 g/mol. The third-order valence-electron chi connectivity index (χ3n) is 3.36. The van der Waals surface area contributed by atoms with Crippen molar-refractivity contribution in [1.82, 2.24) is 0 Å². The lowest BCUT2D eigenvalue weighted by atomic mass is 10.1. The minimum Gasteiger partial charge on any atom is -0.478 e. The molecule has 0 radical (unpaired) electrons. The van der Waals surface area contributed by atoms with E-state index in [4.69, 9.17) is 0 Å². The lowest BCUT2D eigenvalue weighted by Crippen LogP contribution is -2.23. The van der Waals surface area contributed by atoms with Crippen molar-refractivity contribution in [2.45, 2.75) is 20.4 Å². The molecule has 0 spiro atoms. The Morgan fingerprint density at radius 1 is 1.15 bits per heavy atom. The summed E-state index contributed by atoms with van der Waals surface area (Å²) in [6.45, 7) is 5.56. The summed E-state index contributed by atoms with van der Waals surface area (Å²) in [5, 5.41) is 9.25. The van der Waals surface area contributed by atoms with Gasteiger partial charge in [-0.15, -0.1) is 0 Å². The number of anilines is 1. The van der Waals surface area contributed by atoms with Crippen LogP contribution in [0.2, 0.25) is 0 Å². The molecule has 20 heavy (non-hydrogen) atoms. The maximum Gasteiger partial charge on any atom is 0.336 e. The van der Waals surface area contributed by atoms with Gasteiger partial charge in [0.2, 0.25) is 0 Å². The Labute approximate surface area is 119 Å². The van der Waals surface area contributed by atoms with Crippen molar-refractivity contribution in [1.29, 1.82) is 0 Å². The van der Waals surface area contributed by atoms with Crippen LogP contribution in [-0.2, 0) is 6.54 Å². The zero-order valence-electron chi connectivity index (χ0n) is 11.8. The molecule has 0 aromatic heterocycles. The molecule has 0 aliphatic rings. The van der Waals surface area contributed by atoms with Gasteiger partial charge in [0.15, 0.2) is 0 Å². The number of carbonyl (C=O) groups is 1. The summed E-state index contributed by atoms with van der Waals surface area (Å²) >= 11 is 0. The van der Waals surface area contributed by atoms with E-state index in [0.717, 1.165) is 17.8 Å². The molecule has 104 valence electrons. The molecule has 3 heteroatoms. The molecule has 0 saturated heterocycles. The highest BCUT2D eigenvalue weighted by Gasteiger charge is 2.12. The van der Waals surface area contributed by atoms with Crippen molar-refractivity contribution in [3.05, 3.63) is 65.2 Å². The Balaban J connectivity index is 2.29. The fraction of sp³-hybridized carbons (Fsp3) is 0.235. The van der Waals surface area contributed by atoms with Gasteiger partial charge < -0.3 is 10.0 Å². The number of carboxylic acid groups (broad SMARTS) is 1. The molecule has 0 aliphatic heterocycles. The summed E-state index contributed by atoms with van der Waals surface area (Å²) in [6.07, 6.45) is 0. The molecular formula is C17H19NO2. The number of aryl methyl sites for hydroxylation is 1. The number of hydrogen-bond donors (Lipinski definition) is 1. The molecule has 0 bridgehead atoms. The summed E-state index contributed by atoms with van der Waals surface area (Å²) in [5.41, 5.74) is 3.53. The maximum atomic E-state index is 11.3. The Kier molecular flexibility index (Phi) is 4.41. The predicted octanol–water partition coefficient (Wildman–Crippen LogP) is 3.72. The second-order valence-electron chi connectivity index (χ2n) is 4.82. The van der Waals surface area contributed by atoms with E-state index in [9.17, 15) is 9.90 Å². The predicted molar refractivity (Wildman–Crippen MR) is 81.3 cm³/mol. The van der Waals surface area contributed by atoms with Crippen LogP contribution in [-0.4, -0.2) is 17.6 Å². The van der Waals surface area contributed by atoms with E-state index >= 15 is 0 Å². The third kappa shape index (κ3) is 3.18. The minimum atomic E-state index is -0.874. The Hall–Kier alpha value is -2.29. The zero-order chi connectivity index (χ0) is 14.5. The van der Waals surface area contributed by atoms with Gasteiger partial charge in [-0.2, -0.15) is 0 Å². The molecule has 0 atom stereocenters. The van der Waals surface area contributed by atoms with Crippen molar-refractivity contribution in [3.63, 3.8) is 0 Å². The molecule has 0 aliphatic carbocycles. The molecular weight excluding hydrogens is 250 g/mol. The molecule has 0 unspecified atom stereocenters. The van der Waals surface area contributed by atoms with Crippen LogP contribution in [0.3, 0.4) is 0 Å². The van der Waals surface area contributed by atoms with Gasteiger partial charge >= 0.3 is 5.97 Å². The summed E-state index contributed by atoms with van der Waals surface area (Å²) in [6, 6.07) is 15.4. The van der Waals surface area contributed by atoms with Gasteiger partial charge in [0.1, 0.15) is 0 Å². The van der Waals surface area contributed by atoms with E-state index in [1.807, 2.05) is 18.2 Å². The molecule has 0 saturated carbocycles. The Morgan fingerprint density at radius 2 is 1.90 bits per heavy atom. The summed E-state index contributed by atoms with van der Waals surface area (Å²) in [4.78, 5) is 13.4. The molecule has 2 rings (SSSR count). The van der Waals surface area contributed by atoms with E-state index in [1.54, 1.807) is 12.1 Å². The van der Waals surface area contributed by atoms with E-state index < -0.39 is 5.97 Å². The molecule has 3 nitrogen and oxygen atoms in total. The van der Waals surface area contributed by atoms with E-state index in [2.05, 4.69) is 36.9 Å². The smallest absolute Gasteiger partial charge is 0.336 e. The lowest BCUT2D eigenvalue weighted by molar-refractivity contribution is 0.0695. The average molecular weight is 269 g/mol. The number of rotatable bonds is 5. The highest BCUT2D eigenvalue weighted by Crippen LogP contribution is 2.20. The van der Waals surface area contributed by atoms with Crippen LogP contribution in [0.1, 0.15) is 28.4 Å². The minimum absolute atomic E-state index is 0.374. The van der Waals surface area contributed by atoms with Crippen molar-refractivity contribution in [2.75, 3.05) is 11.4 Å². The van der Waals surface area contributed by atoms with E-state index in [0.29, 0.717) is 12.1 Å². The highest BCUT2D eigenvalue weighted by molar-refractivity contribution is 5.89. The first kappa shape index (κ1) is 14.1. The largest absolute Gasteiger partial charge is 0.478 e. The highest BCUT2D eigenvalue weighted by atomic mass is 16.4. The Morgan fingerprint density at radius 3 is 2.55 bits per heavy atom. The molecule has 0 amide bonds. The van der Waals surface area contributed by atoms with Gasteiger partial charge in [-0.1, -0.05) is 30.3 Å². The first-order valence-corrected chi connectivity index (χ1v) is 6.74. The first-order chi connectivity index (χ1) is 9.61. The van der Waals surface area contributed by atoms with Gasteiger partial charge in [-0.05, 0) is 43.2 Å². The van der Waals surface area contributed by atoms with Gasteiger partial charge in [0.05, 0.1) is 5.56 Å². The van der Waals surface area contributed by atoms with E-state index in [1.165, 1.54) is 5.56 Å². The van der Waals surface area contributed by atoms with Crippen molar-refractivity contribution in [3.8, 4) is 0 Å². The first-order valence-electron chi connectivity index (χ1n) is 6.74. The number of hydrogen-bond acceptors (Lipinski definition) is 2. The van der Waals surface area contributed by atoms with Gasteiger partial charge in [-0.25, -0.2) is 4.79 Å². The van der Waals surface area contributed by atoms with Gasteiger partial charge in [-0.3, -0.25) is 0 Å². The van der Waals surface area contributed by atoms with E-state index in [-0.39, 0.29) is 0 Å². The standard InChI is InChI=1S/C17H19NO2/c1-3-18(15-9-6-7-13(2)11-15)12-14-8-4-5-10-16(14)17(19)20/h4-11H,3,12H2,1-2H3,(H,19,20). The van der Waals surface area contributed by atoms with Crippen molar-refractivity contribution in [2.24, 2.45) is 0 Å². The van der Waals surface area contributed by atoms with Crippen molar-refractivity contribution >= 4 is 11.7 Å². The number of carboxylic acids is 1. The second-order valence-corrected chi connectivity index (χ2v) is 4.82. The molecule has 1 N–H and O–H groups in total. The third-order valence-corrected chi connectivity index (χ3v) is 3.36. The van der Waals surface area contributed by atoms with Crippen LogP contribution in [0, 0.1) is 6.92 Å². The zero-order valence-corrected chi connectivity index (χ0v) is 11.8. The summed E-state index contributed by atoms with van der Waals surface area (Å²) in [5.74, 6) is -0.874. The molecule has 2 aromatic carbocycles. The Bertz CT molecular complexity index is 607. The topological polar surface area (TPSA) is 40.5 Å². The lowest BCUT2D eigenvalue weighted by Gasteiger charge is -2.24. The van der Waals surface area contributed by atoms with Gasteiger partial charge in [0, 0.05) is 18.8 Å². The molecule has 0 heterocycles.